The van der Waals surface area contributed by atoms with E-state index >= 15 is 0 Å². The molecule has 1 amide bonds. The van der Waals surface area contributed by atoms with Crippen molar-refractivity contribution in [3.8, 4) is 5.75 Å². The van der Waals surface area contributed by atoms with E-state index < -0.39 is 0 Å². The molecule has 3 nitrogen and oxygen atoms in total. The van der Waals surface area contributed by atoms with Gasteiger partial charge in [0.2, 0.25) is 0 Å². The van der Waals surface area contributed by atoms with Crippen molar-refractivity contribution in [1.82, 2.24) is 4.90 Å². The number of nitrogens with zero attached hydrogens (tertiary/aromatic N) is 1. The Morgan fingerprint density at radius 1 is 1.12 bits per heavy atom. The highest BCUT2D eigenvalue weighted by atomic mass is 19.1. The molecule has 2 aromatic rings. The van der Waals surface area contributed by atoms with Crippen LogP contribution in [-0.4, -0.2) is 30.0 Å². The van der Waals surface area contributed by atoms with Gasteiger partial charge in [-0.15, -0.1) is 0 Å². The van der Waals surface area contributed by atoms with Gasteiger partial charge in [0.1, 0.15) is 11.6 Å². The summed E-state index contributed by atoms with van der Waals surface area (Å²) in [7, 11) is 0. The molecule has 2 aromatic carbocycles. The van der Waals surface area contributed by atoms with Gasteiger partial charge in [-0.1, -0.05) is 30.3 Å². The number of carbonyl (C=O) groups is 1. The van der Waals surface area contributed by atoms with Gasteiger partial charge in [-0.05, 0) is 55.7 Å². The molecule has 0 atom stereocenters. The lowest BCUT2D eigenvalue weighted by Gasteiger charge is -2.27. The smallest absolute Gasteiger partial charge is 0.257 e. The second-order valence-corrected chi connectivity index (χ2v) is 6.40. The maximum absolute atomic E-state index is 13.1. The average molecular weight is 339 g/mol. The minimum atomic E-state index is -0.237. The van der Waals surface area contributed by atoms with Crippen LogP contribution in [0.3, 0.4) is 0 Å². The van der Waals surface area contributed by atoms with Crippen LogP contribution in [0.1, 0.15) is 36.2 Å². The molecule has 25 heavy (non-hydrogen) atoms. The van der Waals surface area contributed by atoms with E-state index in [-0.39, 0.29) is 17.8 Å². The highest BCUT2D eigenvalue weighted by Gasteiger charge is 2.22. The van der Waals surface area contributed by atoms with Gasteiger partial charge in [0.25, 0.3) is 5.91 Å². The van der Waals surface area contributed by atoms with E-state index in [2.05, 4.69) is 0 Å². The maximum Gasteiger partial charge on any atom is 0.257 e. The number of hydrogen-bond acceptors (Lipinski definition) is 2. The van der Waals surface area contributed by atoms with Gasteiger partial charge in [0.05, 0.1) is 11.7 Å². The molecule has 0 aliphatic carbocycles. The molecule has 1 heterocycles. The van der Waals surface area contributed by atoms with Gasteiger partial charge in [-0.3, -0.25) is 4.79 Å². The summed E-state index contributed by atoms with van der Waals surface area (Å²) in [5.41, 5.74) is 2.75. The normalized spacial score (nSPS) is 14.4. The largest absolute Gasteiger partial charge is 0.490 e. The second kappa shape index (κ2) is 7.51. The zero-order valence-electron chi connectivity index (χ0n) is 14.5. The van der Waals surface area contributed by atoms with Crippen LogP contribution in [0.25, 0.3) is 5.57 Å². The molecule has 0 fully saturated rings. The highest BCUT2D eigenvalue weighted by Crippen LogP contribution is 2.26. The minimum absolute atomic E-state index is 0.0141. The fraction of sp³-hybridized carbons (Fsp3) is 0.286. The number of hydrogen-bond donors (Lipinski definition) is 0. The molecule has 0 saturated carbocycles. The Morgan fingerprint density at radius 2 is 1.84 bits per heavy atom. The quantitative estimate of drug-likeness (QED) is 0.818. The monoisotopic (exact) mass is 339 g/mol. The van der Waals surface area contributed by atoms with Crippen molar-refractivity contribution in [3.63, 3.8) is 0 Å². The van der Waals surface area contributed by atoms with Crippen molar-refractivity contribution in [2.24, 2.45) is 0 Å². The molecule has 0 spiro atoms. The Kier molecular flexibility index (Phi) is 5.17. The summed E-state index contributed by atoms with van der Waals surface area (Å²) in [5, 5.41) is 0. The zero-order chi connectivity index (χ0) is 17.8. The first-order valence-electron chi connectivity index (χ1n) is 8.54. The highest BCUT2D eigenvalue weighted by molar-refractivity contribution is 5.97. The molecule has 3 rings (SSSR count). The molecule has 0 radical (unpaired) electrons. The van der Waals surface area contributed by atoms with Gasteiger partial charge in [-0.25, -0.2) is 4.39 Å². The summed E-state index contributed by atoms with van der Waals surface area (Å²) in [6, 6.07) is 13.9. The zero-order valence-corrected chi connectivity index (χ0v) is 14.5. The van der Waals surface area contributed by atoms with Crippen LogP contribution in [0.4, 0.5) is 4.39 Å². The average Bonchev–Trinajstić information content (AvgIpc) is 2.62. The number of amides is 1. The van der Waals surface area contributed by atoms with E-state index in [0.717, 1.165) is 17.6 Å². The van der Waals surface area contributed by atoms with Crippen molar-refractivity contribution in [2.45, 2.75) is 26.4 Å². The molecule has 0 N–H and O–H groups in total. The molecular weight excluding hydrogens is 317 g/mol. The fourth-order valence-electron chi connectivity index (χ4n) is 2.95. The summed E-state index contributed by atoms with van der Waals surface area (Å²) in [6.07, 6.45) is 2.81. The first kappa shape index (κ1) is 17.2. The third-order valence-electron chi connectivity index (χ3n) is 4.19. The summed E-state index contributed by atoms with van der Waals surface area (Å²) < 4.78 is 18.8. The van der Waals surface area contributed by atoms with E-state index in [0.29, 0.717) is 24.4 Å². The summed E-state index contributed by atoms with van der Waals surface area (Å²) >= 11 is 0. The van der Waals surface area contributed by atoms with Gasteiger partial charge >= 0.3 is 0 Å². The molecule has 4 heteroatoms. The number of rotatable bonds is 4. The van der Waals surface area contributed by atoms with Crippen LogP contribution in [0, 0.1) is 5.82 Å². The predicted octanol–water partition coefficient (Wildman–Crippen LogP) is 4.54. The molecule has 1 aliphatic rings. The van der Waals surface area contributed by atoms with E-state index in [1.165, 1.54) is 12.1 Å². The van der Waals surface area contributed by atoms with E-state index in [9.17, 15) is 9.18 Å². The predicted molar refractivity (Wildman–Crippen MR) is 97.1 cm³/mol. The third kappa shape index (κ3) is 4.08. The van der Waals surface area contributed by atoms with Gasteiger partial charge in [0, 0.05) is 13.1 Å². The number of benzene rings is 2. The maximum atomic E-state index is 13.1. The Morgan fingerprint density at radius 3 is 2.48 bits per heavy atom. The van der Waals surface area contributed by atoms with Crippen LogP contribution < -0.4 is 4.74 Å². The topological polar surface area (TPSA) is 29.5 Å². The Labute approximate surface area is 147 Å². The van der Waals surface area contributed by atoms with Gasteiger partial charge in [0.15, 0.2) is 0 Å². The van der Waals surface area contributed by atoms with Crippen LogP contribution >= 0.6 is 0 Å². The van der Waals surface area contributed by atoms with Gasteiger partial charge in [-0.2, -0.15) is 0 Å². The van der Waals surface area contributed by atoms with Crippen molar-refractivity contribution in [2.75, 3.05) is 13.1 Å². The number of para-hydroxylation sites is 1. The van der Waals surface area contributed by atoms with Gasteiger partial charge < -0.3 is 9.64 Å². The van der Waals surface area contributed by atoms with Crippen LogP contribution in [-0.2, 0) is 0 Å². The standard InChI is InChI=1S/C21H22FNO2/c1-15(2)25-20-6-4-3-5-19(20)21(24)23-13-11-17(12-14-23)16-7-9-18(22)10-8-16/h3-11,15H,12-14H2,1-2H3. The van der Waals surface area contributed by atoms with E-state index in [4.69, 9.17) is 4.74 Å². The lowest BCUT2D eigenvalue weighted by Crippen LogP contribution is -2.35. The summed E-state index contributed by atoms with van der Waals surface area (Å²) in [4.78, 5) is 14.7. The summed E-state index contributed by atoms with van der Waals surface area (Å²) in [6.45, 7) is 5.07. The first-order valence-corrected chi connectivity index (χ1v) is 8.54. The van der Waals surface area contributed by atoms with Crippen molar-refractivity contribution in [1.29, 1.82) is 0 Å². The lowest BCUT2D eigenvalue weighted by molar-refractivity contribution is 0.0766. The number of carbonyl (C=O) groups excluding carboxylic acids is 1. The molecule has 0 unspecified atom stereocenters. The van der Waals surface area contributed by atoms with Crippen molar-refractivity contribution in [3.05, 3.63) is 71.6 Å². The molecular formula is C21H22FNO2. The minimum Gasteiger partial charge on any atom is -0.490 e. The Balaban J connectivity index is 1.74. The molecule has 0 aromatic heterocycles. The molecule has 0 saturated heterocycles. The van der Waals surface area contributed by atoms with Crippen molar-refractivity contribution >= 4 is 11.5 Å². The first-order chi connectivity index (χ1) is 12.0. The second-order valence-electron chi connectivity index (χ2n) is 6.40. The molecule has 130 valence electrons. The number of halogens is 1. The Hall–Kier alpha value is -2.62. The van der Waals surface area contributed by atoms with E-state index in [1.54, 1.807) is 18.2 Å². The van der Waals surface area contributed by atoms with Crippen LogP contribution in [0.2, 0.25) is 0 Å². The third-order valence-corrected chi connectivity index (χ3v) is 4.19. The Bertz CT molecular complexity index is 781. The SMILES string of the molecule is CC(C)Oc1ccccc1C(=O)N1CC=C(c2ccc(F)cc2)CC1. The molecule has 0 bridgehead atoms. The lowest BCUT2D eigenvalue weighted by atomic mass is 9.99. The van der Waals surface area contributed by atoms with E-state index in [1.807, 2.05) is 43.0 Å². The molecule has 1 aliphatic heterocycles. The van der Waals surface area contributed by atoms with Crippen LogP contribution in [0.5, 0.6) is 5.75 Å². The fourth-order valence-corrected chi connectivity index (χ4v) is 2.95. The van der Waals surface area contributed by atoms with Crippen molar-refractivity contribution < 1.29 is 13.9 Å². The summed E-state index contributed by atoms with van der Waals surface area (Å²) in [5.74, 6) is 0.361. The van der Waals surface area contributed by atoms with Crippen LogP contribution in [0.15, 0.2) is 54.6 Å². The number of ether oxygens (including phenoxy) is 1.